The number of carbonyl (C=O) groups is 2. The molecule has 0 N–H and O–H groups in total. The first kappa shape index (κ1) is 24.9. The molecule has 1 aliphatic heterocycles. The summed E-state index contributed by atoms with van der Waals surface area (Å²) in [6, 6.07) is 13.1. The predicted molar refractivity (Wildman–Crippen MR) is 129 cm³/mol. The van der Waals surface area contributed by atoms with Gasteiger partial charge in [0.25, 0.3) is 5.91 Å². The van der Waals surface area contributed by atoms with Gasteiger partial charge in [0.05, 0.1) is 13.1 Å². The van der Waals surface area contributed by atoms with Gasteiger partial charge in [-0.15, -0.1) is 0 Å². The normalized spacial score (nSPS) is 14.1. The first-order chi connectivity index (χ1) is 15.8. The molecule has 33 heavy (non-hydrogen) atoms. The van der Waals surface area contributed by atoms with Gasteiger partial charge in [0.1, 0.15) is 18.1 Å². The number of amides is 2. The molecule has 3 rings (SSSR count). The van der Waals surface area contributed by atoms with Gasteiger partial charge >= 0.3 is 0 Å². The largest absolute Gasteiger partial charge is 0.492 e. The Kier molecular flexibility index (Phi) is 8.97. The van der Waals surface area contributed by atoms with Crippen molar-refractivity contribution in [2.45, 2.75) is 13.8 Å². The molecule has 2 aromatic carbocycles. The van der Waals surface area contributed by atoms with Crippen LogP contribution in [0.3, 0.4) is 0 Å². The molecule has 0 unspecified atom stereocenters. The predicted octanol–water partition coefficient (Wildman–Crippen LogP) is 3.02. The van der Waals surface area contributed by atoms with E-state index in [4.69, 9.17) is 21.1 Å². The van der Waals surface area contributed by atoms with Crippen LogP contribution in [0.2, 0.25) is 5.02 Å². The number of piperazine rings is 1. The van der Waals surface area contributed by atoms with Crippen LogP contribution < -0.4 is 9.47 Å². The first-order valence-electron chi connectivity index (χ1n) is 11.1. The van der Waals surface area contributed by atoms with Crippen molar-refractivity contribution in [3.8, 4) is 11.5 Å². The minimum absolute atomic E-state index is 0.0260. The lowest BCUT2D eigenvalue weighted by atomic mass is 10.1. The van der Waals surface area contributed by atoms with Crippen LogP contribution in [0, 0.1) is 13.8 Å². The van der Waals surface area contributed by atoms with E-state index in [0.717, 1.165) is 16.9 Å². The van der Waals surface area contributed by atoms with E-state index in [2.05, 4.69) is 11.0 Å². The number of hydrogen-bond donors (Lipinski definition) is 0. The number of halogens is 1. The number of benzene rings is 2. The molecular formula is C25H32ClN3O4. The van der Waals surface area contributed by atoms with Crippen LogP contribution in [0.15, 0.2) is 42.5 Å². The summed E-state index contributed by atoms with van der Waals surface area (Å²) in [7, 11) is 1.78. The van der Waals surface area contributed by atoms with Crippen LogP contribution in [0.4, 0.5) is 0 Å². The fourth-order valence-corrected chi connectivity index (χ4v) is 3.80. The second-order valence-corrected chi connectivity index (χ2v) is 8.82. The minimum Gasteiger partial charge on any atom is -0.492 e. The second-order valence-electron chi connectivity index (χ2n) is 8.39. The van der Waals surface area contributed by atoms with Crippen molar-refractivity contribution in [2.24, 2.45) is 0 Å². The van der Waals surface area contributed by atoms with Crippen molar-refractivity contribution in [3.05, 3.63) is 58.6 Å². The number of aryl methyl sites for hydroxylation is 2. The third-order valence-corrected chi connectivity index (χ3v) is 5.83. The summed E-state index contributed by atoms with van der Waals surface area (Å²) in [5.74, 6) is 1.44. The molecule has 1 fully saturated rings. The SMILES string of the molecule is Cc1cc(C)cc(OCC(=O)N2CCN(CC(=O)N(C)CCOc3ccc(Cl)cc3)CC2)c1. The van der Waals surface area contributed by atoms with Gasteiger partial charge in [-0.2, -0.15) is 0 Å². The minimum atomic E-state index is -0.0309. The average molecular weight is 474 g/mol. The van der Waals surface area contributed by atoms with E-state index in [-0.39, 0.29) is 18.4 Å². The van der Waals surface area contributed by atoms with E-state index in [1.54, 1.807) is 41.1 Å². The van der Waals surface area contributed by atoms with Crippen molar-refractivity contribution in [3.63, 3.8) is 0 Å². The Hall–Kier alpha value is -2.77. The number of likely N-dealkylation sites (N-methyl/N-ethyl adjacent to an activating group) is 1. The number of carbonyl (C=O) groups excluding carboxylic acids is 2. The fraction of sp³-hybridized carbons (Fsp3) is 0.440. The van der Waals surface area contributed by atoms with Crippen molar-refractivity contribution in [1.82, 2.24) is 14.7 Å². The average Bonchev–Trinajstić information content (AvgIpc) is 2.78. The van der Waals surface area contributed by atoms with Crippen LogP contribution in [-0.2, 0) is 9.59 Å². The highest BCUT2D eigenvalue weighted by Gasteiger charge is 2.23. The molecule has 0 aliphatic carbocycles. The standard InChI is InChI=1S/C25H32ClN3O4/c1-19-14-20(2)16-23(15-19)33-18-25(31)29-10-8-28(9-11-29)17-24(30)27(3)12-13-32-22-6-4-21(26)5-7-22/h4-7,14-16H,8-13,17-18H2,1-3H3. The molecular weight excluding hydrogens is 442 g/mol. The molecule has 2 aromatic rings. The van der Waals surface area contributed by atoms with Gasteiger partial charge < -0.3 is 19.3 Å². The summed E-state index contributed by atoms with van der Waals surface area (Å²) >= 11 is 5.87. The van der Waals surface area contributed by atoms with E-state index in [9.17, 15) is 9.59 Å². The van der Waals surface area contributed by atoms with Gasteiger partial charge in [-0.25, -0.2) is 0 Å². The summed E-state index contributed by atoms with van der Waals surface area (Å²) in [6.07, 6.45) is 0. The zero-order valence-corrected chi connectivity index (χ0v) is 20.3. The Morgan fingerprint density at radius 1 is 0.939 bits per heavy atom. The zero-order chi connectivity index (χ0) is 23.8. The maximum Gasteiger partial charge on any atom is 0.260 e. The fourth-order valence-electron chi connectivity index (χ4n) is 3.68. The number of nitrogens with zero attached hydrogens (tertiary/aromatic N) is 3. The molecule has 0 saturated carbocycles. The molecule has 0 atom stereocenters. The van der Waals surface area contributed by atoms with Gasteiger partial charge in [-0.1, -0.05) is 17.7 Å². The lowest BCUT2D eigenvalue weighted by Gasteiger charge is -2.35. The topological polar surface area (TPSA) is 62.3 Å². The Morgan fingerprint density at radius 3 is 2.21 bits per heavy atom. The van der Waals surface area contributed by atoms with Crippen LogP contribution in [0.25, 0.3) is 0 Å². The third kappa shape index (κ3) is 7.94. The molecule has 1 heterocycles. The second kappa shape index (κ2) is 11.9. The van der Waals surface area contributed by atoms with Crippen LogP contribution in [-0.4, -0.2) is 86.0 Å². The van der Waals surface area contributed by atoms with Crippen molar-refractivity contribution in [1.29, 1.82) is 0 Å². The Balaban J connectivity index is 1.34. The van der Waals surface area contributed by atoms with Gasteiger partial charge in [-0.3, -0.25) is 14.5 Å². The van der Waals surface area contributed by atoms with Gasteiger partial charge in [0.15, 0.2) is 6.61 Å². The highest BCUT2D eigenvalue weighted by Crippen LogP contribution is 2.17. The third-order valence-electron chi connectivity index (χ3n) is 5.58. The van der Waals surface area contributed by atoms with Crippen molar-refractivity contribution in [2.75, 3.05) is 59.5 Å². The van der Waals surface area contributed by atoms with E-state index < -0.39 is 0 Å². The molecule has 1 saturated heterocycles. The van der Waals surface area contributed by atoms with E-state index in [0.29, 0.717) is 56.6 Å². The molecule has 8 heteroatoms. The number of ether oxygens (including phenoxy) is 2. The highest BCUT2D eigenvalue weighted by atomic mass is 35.5. The monoisotopic (exact) mass is 473 g/mol. The number of rotatable bonds is 9. The maximum atomic E-state index is 12.5. The molecule has 178 valence electrons. The van der Waals surface area contributed by atoms with Gasteiger partial charge in [-0.05, 0) is 61.4 Å². The molecule has 7 nitrogen and oxygen atoms in total. The zero-order valence-electron chi connectivity index (χ0n) is 19.6. The van der Waals surface area contributed by atoms with Crippen molar-refractivity contribution < 1.29 is 19.1 Å². The molecule has 0 radical (unpaired) electrons. The Labute approximate surface area is 200 Å². The van der Waals surface area contributed by atoms with E-state index in [1.807, 2.05) is 26.0 Å². The summed E-state index contributed by atoms with van der Waals surface area (Å²) < 4.78 is 11.4. The first-order valence-corrected chi connectivity index (χ1v) is 11.5. The summed E-state index contributed by atoms with van der Waals surface area (Å²) in [5, 5.41) is 0.658. The lowest BCUT2D eigenvalue weighted by molar-refractivity contribution is -0.136. The van der Waals surface area contributed by atoms with Crippen molar-refractivity contribution >= 4 is 23.4 Å². The lowest BCUT2D eigenvalue weighted by Crippen LogP contribution is -2.52. The molecule has 1 aliphatic rings. The summed E-state index contributed by atoms with van der Waals surface area (Å²) in [4.78, 5) is 30.6. The molecule has 0 aromatic heterocycles. The van der Waals surface area contributed by atoms with Gasteiger partial charge in [0, 0.05) is 38.2 Å². The Bertz CT molecular complexity index is 923. The highest BCUT2D eigenvalue weighted by molar-refractivity contribution is 6.30. The van der Waals surface area contributed by atoms with Crippen LogP contribution in [0.1, 0.15) is 11.1 Å². The summed E-state index contributed by atoms with van der Waals surface area (Å²) in [5.41, 5.74) is 2.22. The van der Waals surface area contributed by atoms with E-state index in [1.165, 1.54) is 0 Å². The maximum absolute atomic E-state index is 12.5. The van der Waals surface area contributed by atoms with E-state index >= 15 is 0 Å². The molecule has 2 amide bonds. The quantitative estimate of drug-likeness (QED) is 0.560. The Morgan fingerprint density at radius 2 is 1.58 bits per heavy atom. The van der Waals surface area contributed by atoms with Crippen LogP contribution >= 0.6 is 11.6 Å². The summed E-state index contributed by atoms with van der Waals surface area (Å²) in [6.45, 7) is 7.78. The van der Waals surface area contributed by atoms with Crippen LogP contribution in [0.5, 0.6) is 11.5 Å². The smallest absolute Gasteiger partial charge is 0.260 e. The number of hydrogen-bond acceptors (Lipinski definition) is 5. The molecule has 0 bridgehead atoms. The molecule has 0 spiro atoms. The van der Waals surface area contributed by atoms with Gasteiger partial charge in [0.2, 0.25) is 5.91 Å².